The number of aryl methyl sites for hydroxylation is 1. The van der Waals surface area contributed by atoms with E-state index in [4.69, 9.17) is 4.74 Å². The first-order valence-electron chi connectivity index (χ1n) is 11.6. The number of aromatic nitrogens is 2. The standard InChI is InChI=1S/C23H30N6O4S/c1-16-4-6-18(7-5-16)25-20(31)21-26-27-22(34-21)23(32)29-9-2-3-17(15-29)19(30)24-8-10-28-11-13-33-14-12-28/h4-7,17H,2-3,8-15H2,1H3,(H,24,30)(H,25,31)/t17-/m1/s1. The number of anilines is 1. The van der Waals surface area contributed by atoms with Gasteiger partial charge in [-0.1, -0.05) is 29.0 Å². The van der Waals surface area contributed by atoms with Gasteiger partial charge in [0.2, 0.25) is 15.9 Å². The molecule has 1 aromatic carbocycles. The monoisotopic (exact) mass is 486 g/mol. The van der Waals surface area contributed by atoms with Crippen LogP contribution >= 0.6 is 11.3 Å². The van der Waals surface area contributed by atoms with Crippen molar-refractivity contribution in [2.75, 3.05) is 57.8 Å². The summed E-state index contributed by atoms with van der Waals surface area (Å²) in [6.07, 6.45) is 1.49. The molecular weight excluding hydrogens is 456 g/mol. The molecule has 11 heteroatoms. The lowest BCUT2D eigenvalue weighted by Gasteiger charge is -2.32. The molecule has 4 rings (SSSR count). The average Bonchev–Trinajstić information content (AvgIpc) is 3.36. The van der Waals surface area contributed by atoms with E-state index in [9.17, 15) is 14.4 Å². The number of nitrogens with zero attached hydrogens (tertiary/aromatic N) is 4. The molecule has 2 saturated heterocycles. The van der Waals surface area contributed by atoms with E-state index in [2.05, 4.69) is 25.7 Å². The van der Waals surface area contributed by atoms with Gasteiger partial charge in [-0.3, -0.25) is 19.3 Å². The van der Waals surface area contributed by atoms with Gasteiger partial charge in [-0.25, -0.2) is 0 Å². The van der Waals surface area contributed by atoms with Crippen LogP contribution in [-0.4, -0.2) is 90.2 Å². The number of rotatable bonds is 7. The van der Waals surface area contributed by atoms with Crippen LogP contribution in [0.2, 0.25) is 0 Å². The molecule has 2 fully saturated rings. The minimum atomic E-state index is -0.406. The van der Waals surface area contributed by atoms with Crippen molar-refractivity contribution in [3.8, 4) is 0 Å². The number of nitrogens with one attached hydrogen (secondary N) is 2. The molecule has 0 saturated carbocycles. The van der Waals surface area contributed by atoms with Crippen LogP contribution in [0, 0.1) is 12.8 Å². The van der Waals surface area contributed by atoms with Gasteiger partial charge >= 0.3 is 0 Å². The molecule has 2 aromatic rings. The van der Waals surface area contributed by atoms with Crippen LogP contribution in [0.25, 0.3) is 0 Å². The van der Waals surface area contributed by atoms with Crippen LogP contribution in [-0.2, 0) is 9.53 Å². The Kier molecular flexibility index (Phi) is 8.20. The predicted octanol–water partition coefficient (Wildman–Crippen LogP) is 1.40. The molecule has 3 amide bonds. The second kappa shape index (κ2) is 11.5. The highest BCUT2D eigenvalue weighted by atomic mass is 32.1. The smallest absolute Gasteiger partial charge is 0.286 e. The molecule has 2 aliphatic heterocycles. The number of amides is 3. The molecule has 1 aromatic heterocycles. The van der Waals surface area contributed by atoms with Crippen molar-refractivity contribution in [1.29, 1.82) is 0 Å². The molecule has 34 heavy (non-hydrogen) atoms. The van der Waals surface area contributed by atoms with Gasteiger partial charge in [-0.05, 0) is 31.9 Å². The largest absolute Gasteiger partial charge is 0.379 e. The van der Waals surface area contributed by atoms with Gasteiger partial charge in [0.15, 0.2) is 0 Å². The third-order valence-electron chi connectivity index (χ3n) is 6.02. The third kappa shape index (κ3) is 6.37. The Morgan fingerprint density at radius 1 is 1.09 bits per heavy atom. The zero-order chi connectivity index (χ0) is 23.9. The van der Waals surface area contributed by atoms with Crippen LogP contribution in [0.4, 0.5) is 5.69 Å². The molecule has 0 bridgehead atoms. The van der Waals surface area contributed by atoms with Gasteiger partial charge in [-0.15, -0.1) is 10.2 Å². The van der Waals surface area contributed by atoms with Gasteiger partial charge in [0, 0.05) is 45.0 Å². The topological polar surface area (TPSA) is 117 Å². The van der Waals surface area contributed by atoms with Crippen molar-refractivity contribution in [2.45, 2.75) is 19.8 Å². The summed E-state index contributed by atoms with van der Waals surface area (Å²) in [5, 5.41) is 13.9. The SMILES string of the molecule is Cc1ccc(NC(=O)c2nnc(C(=O)N3CCC[C@@H](C(=O)NCCN4CCOCC4)C3)s2)cc1. The maximum atomic E-state index is 13.0. The number of carbonyl (C=O) groups is 3. The summed E-state index contributed by atoms with van der Waals surface area (Å²) < 4.78 is 5.34. The minimum absolute atomic E-state index is 0.0267. The summed E-state index contributed by atoms with van der Waals surface area (Å²) >= 11 is 0.963. The number of hydrogen-bond donors (Lipinski definition) is 2. The first-order valence-corrected chi connectivity index (χ1v) is 12.4. The normalized spacial score (nSPS) is 19.0. The zero-order valence-corrected chi connectivity index (χ0v) is 20.1. The summed E-state index contributed by atoms with van der Waals surface area (Å²) in [5.74, 6) is -0.977. The van der Waals surface area contributed by atoms with Crippen LogP contribution < -0.4 is 10.6 Å². The fourth-order valence-electron chi connectivity index (χ4n) is 4.04. The summed E-state index contributed by atoms with van der Waals surface area (Å²) in [5.41, 5.74) is 1.74. The molecule has 3 heterocycles. The fourth-order valence-corrected chi connectivity index (χ4v) is 4.75. The molecule has 2 aliphatic rings. The molecule has 0 radical (unpaired) electrons. The number of carbonyl (C=O) groups excluding carboxylic acids is 3. The van der Waals surface area contributed by atoms with E-state index in [1.54, 1.807) is 17.0 Å². The van der Waals surface area contributed by atoms with E-state index in [0.29, 0.717) is 25.3 Å². The maximum Gasteiger partial charge on any atom is 0.286 e. The Morgan fingerprint density at radius 2 is 1.82 bits per heavy atom. The Morgan fingerprint density at radius 3 is 2.59 bits per heavy atom. The highest BCUT2D eigenvalue weighted by molar-refractivity contribution is 7.15. The average molecular weight is 487 g/mol. The van der Waals surface area contributed by atoms with E-state index in [1.165, 1.54) is 0 Å². The summed E-state index contributed by atoms with van der Waals surface area (Å²) in [6, 6.07) is 7.41. The summed E-state index contributed by atoms with van der Waals surface area (Å²) in [4.78, 5) is 42.0. The number of benzene rings is 1. The Balaban J connectivity index is 1.27. The first-order chi connectivity index (χ1) is 16.5. The zero-order valence-electron chi connectivity index (χ0n) is 19.3. The van der Waals surface area contributed by atoms with Crippen molar-refractivity contribution in [3.63, 3.8) is 0 Å². The second-order valence-electron chi connectivity index (χ2n) is 8.57. The van der Waals surface area contributed by atoms with Crippen molar-refractivity contribution in [2.24, 2.45) is 5.92 Å². The Hall–Kier alpha value is -2.89. The van der Waals surface area contributed by atoms with Crippen LogP contribution in [0.15, 0.2) is 24.3 Å². The van der Waals surface area contributed by atoms with E-state index in [0.717, 1.165) is 62.6 Å². The van der Waals surface area contributed by atoms with Gasteiger partial charge in [0.25, 0.3) is 11.8 Å². The number of hydrogen-bond acceptors (Lipinski definition) is 8. The summed E-state index contributed by atoms with van der Waals surface area (Å²) in [6.45, 7) is 7.47. The van der Waals surface area contributed by atoms with E-state index < -0.39 is 5.91 Å². The van der Waals surface area contributed by atoms with Crippen LogP contribution in [0.1, 0.15) is 38.0 Å². The van der Waals surface area contributed by atoms with Crippen LogP contribution in [0.3, 0.4) is 0 Å². The van der Waals surface area contributed by atoms with Gasteiger partial charge in [0.1, 0.15) is 0 Å². The quantitative estimate of drug-likeness (QED) is 0.608. The highest BCUT2D eigenvalue weighted by Gasteiger charge is 2.31. The third-order valence-corrected chi connectivity index (χ3v) is 6.93. The van der Waals surface area contributed by atoms with Crippen molar-refractivity contribution in [3.05, 3.63) is 39.8 Å². The molecule has 0 spiro atoms. The Labute approximate surface area is 202 Å². The van der Waals surface area contributed by atoms with Crippen molar-refractivity contribution in [1.82, 2.24) is 25.3 Å². The highest BCUT2D eigenvalue weighted by Crippen LogP contribution is 2.21. The number of morpholine rings is 1. The van der Waals surface area contributed by atoms with Gasteiger partial charge in [-0.2, -0.15) is 0 Å². The van der Waals surface area contributed by atoms with E-state index >= 15 is 0 Å². The first kappa shape index (κ1) is 24.2. The van der Waals surface area contributed by atoms with Crippen molar-refractivity contribution < 1.29 is 19.1 Å². The van der Waals surface area contributed by atoms with E-state index in [1.807, 2.05) is 19.1 Å². The minimum Gasteiger partial charge on any atom is -0.379 e. The number of likely N-dealkylation sites (tertiary alicyclic amines) is 1. The van der Waals surface area contributed by atoms with Gasteiger partial charge in [0.05, 0.1) is 19.1 Å². The lowest BCUT2D eigenvalue weighted by atomic mass is 9.97. The number of piperidine rings is 1. The molecule has 0 unspecified atom stereocenters. The van der Waals surface area contributed by atoms with Crippen molar-refractivity contribution >= 4 is 34.7 Å². The fraction of sp³-hybridized carbons (Fsp3) is 0.522. The second-order valence-corrected chi connectivity index (χ2v) is 9.55. The van der Waals surface area contributed by atoms with Crippen LogP contribution in [0.5, 0.6) is 0 Å². The number of ether oxygens (including phenoxy) is 1. The molecule has 10 nitrogen and oxygen atoms in total. The summed E-state index contributed by atoms with van der Waals surface area (Å²) in [7, 11) is 0. The predicted molar refractivity (Wildman–Crippen MR) is 128 cm³/mol. The molecular formula is C23H30N6O4S. The maximum absolute atomic E-state index is 13.0. The molecule has 182 valence electrons. The lowest BCUT2D eigenvalue weighted by Crippen LogP contribution is -2.47. The van der Waals surface area contributed by atoms with E-state index in [-0.39, 0.29) is 27.7 Å². The van der Waals surface area contributed by atoms with Gasteiger partial charge < -0.3 is 20.3 Å². The molecule has 2 N–H and O–H groups in total. The Bertz CT molecular complexity index is 1010. The lowest BCUT2D eigenvalue weighted by molar-refractivity contribution is -0.126. The molecule has 1 atom stereocenters. The molecule has 0 aliphatic carbocycles.